The number of H-pyrrole nitrogens is 1. The first kappa shape index (κ1) is 14.4. The molecular weight excluding hydrogens is 276 g/mol. The van der Waals surface area contributed by atoms with Gasteiger partial charge in [0.1, 0.15) is 11.6 Å². The molecule has 6 nitrogen and oxygen atoms in total. The van der Waals surface area contributed by atoms with Crippen LogP contribution in [0.15, 0.2) is 29.4 Å². The number of rotatable bonds is 6. The molecule has 1 aromatic heterocycles. The van der Waals surface area contributed by atoms with Gasteiger partial charge in [0.2, 0.25) is 11.1 Å². The monoisotopic (exact) mass is 292 g/mol. The number of hydrogen-bond acceptors (Lipinski definition) is 5. The highest BCUT2D eigenvalue weighted by molar-refractivity contribution is 7.99. The number of hydrogen-bond donors (Lipinski definition) is 2. The Hall–Kier alpha value is -2.02. The summed E-state index contributed by atoms with van der Waals surface area (Å²) in [6.07, 6.45) is 0. The number of nitrogens with zero attached hydrogens (tertiary/aromatic N) is 2. The van der Waals surface area contributed by atoms with Gasteiger partial charge in [0.05, 0.1) is 12.9 Å². The standard InChI is InChI=1S/C13H16N4O2S/c1-9-15-13(17-16-9)20-8-12(18)14-7-10-3-5-11(19-2)6-4-10/h3-6H,7-8H2,1-2H3,(H,14,18)(H,15,16,17). The summed E-state index contributed by atoms with van der Waals surface area (Å²) in [5.74, 6) is 1.79. The van der Waals surface area contributed by atoms with Gasteiger partial charge >= 0.3 is 0 Å². The molecule has 0 saturated heterocycles. The van der Waals surface area contributed by atoms with Gasteiger partial charge < -0.3 is 10.1 Å². The van der Waals surface area contributed by atoms with Crippen molar-refractivity contribution in [2.75, 3.05) is 12.9 Å². The Morgan fingerprint density at radius 1 is 1.40 bits per heavy atom. The van der Waals surface area contributed by atoms with E-state index in [4.69, 9.17) is 4.74 Å². The number of ether oxygens (including phenoxy) is 1. The summed E-state index contributed by atoms with van der Waals surface area (Å²) in [7, 11) is 1.62. The third kappa shape index (κ3) is 4.27. The van der Waals surface area contributed by atoms with E-state index in [-0.39, 0.29) is 5.91 Å². The first-order valence-electron chi connectivity index (χ1n) is 6.09. The van der Waals surface area contributed by atoms with Crippen LogP contribution in [0.4, 0.5) is 0 Å². The first-order chi connectivity index (χ1) is 9.67. The lowest BCUT2D eigenvalue weighted by molar-refractivity contribution is -0.118. The molecular formula is C13H16N4O2S. The van der Waals surface area contributed by atoms with Gasteiger partial charge in [-0.15, -0.1) is 5.10 Å². The van der Waals surface area contributed by atoms with E-state index >= 15 is 0 Å². The van der Waals surface area contributed by atoms with Gasteiger partial charge in [-0.05, 0) is 24.6 Å². The molecule has 0 spiro atoms. The zero-order valence-corrected chi connectivity index (χ0v) is 12.2. The lowest BCUT2D eigenvalue weighted by Gasteiger charge is -2.05. The Balaban J connectivity index is 1.74. The number of carbonyl (C=O) groups is 1. The summed E-state index contributed by atoms with van der Waals surface area (Å²) in [5.41, 5.74) is 1.03. The van der Waals surface area contributed by atoms with Crippen molar-refractivity contribution >= 4 is 17.7 Å². The highest BCUT2D eigenvalue weighted by Gasteiger charge is 2.06. The van der Waals surface area contributed by atoms with Crippen molar-refractivity contribution in [2.24, 2.45) is 0 Å². The third-order valence-corrected chi connectivity index (χ3v) is 3.41. The topological polar surface area (TPSA) is 79.9 Å². The van der Waals surface area contributed by atoms with Crippen LogP contribution in [0.25, 0.3) is 0 Å². The van der Waals surface area contributed by atoms with Crippen LogP contribution in [0.1, 0.15) is 11.4 Å². The van der Waals surface area contributed by atoms with E-state index in [0.717, 1.165) is 17.1 Å². The van der Waals surface area contributed by atoms with Crippen LogP contribution in [0, 0.1) is 6.92 Å². The van der Waals surface area contributed by atoms with Crippen LogP contribution in [0.2, 0.25) is 0 Å². The molecule has 2 aromatic rings. The lowest BCUT2D eigenvalue weighted by Crippen LogP contribution is -2.24. The second-order valence-corrected chi connectivity index (χ2v) is 5.06. The number of aryl methyl sites for hydroxylation is 1. The van der Waals surface area contributed by atoms with E-state index in [2.05, 4.69) is 20.5 Å². The van der Waals surface area contributed by atoms with Crippen LogP contribution in [0.3, 0.4) is 0 Å². The number of methoxy groups -OCH3 is 1. The molecule has 1 amide bonds. The minimum absolute atomic E-state index is 0.0479. The Morgan fingerprint density at radius 2 is 2.15 bits per heavy atom. The summed E-state index contributed by atoms with van der Waals surface area (Å²) in [6, 6.07) is 7.58. The highest BCUT2D eigenvalue weighted by Crippen LogP contribution is 2.12. The number of thioether (sulfide) groups is 1. The molecule has 7 heteroatoms. The molecule has 2 rings (SSSR count). The molecule has 0 aliphatic rings. The van der Waals surface area contributed by atoms with Crippen LogP contribution in [-0.2, 0) is 11.3 Å². The summed E-state index contributed by atoms with van der Waals surface area (Å²) in [6.45, 7) is 2.32. The molecule has 0 unspecified atom stereocenters. The van der Waals surface area contributed by atoms with Gasteiger partial charge in [0.25, 0.3) is 0 Å². The molecule has 20 heavy (non-hydrogen) atoms. The van der Waals surface area contributed by atoms with Crippen molar-refractivity contribution in [2.45, 2.75) is 18.6 Å². The maximum absolute atomic E-state index is 11.7. The van der Waals surface area contributed by atoms with Crippen molar-refractivity contribution in [1.82, 2.24) is 20.5 Å². The number of aromatic nitrogens is 3. The average molecular weight is 292 g/mol. The largest absolute Gasteiger partial charge is 0.497 e. The van der Waals surface area contributed by atoms with E-state index in [1.165, 1.54) is 11.8 Å². The van der Waals surface area contributed by atoms with Crippen molar-refractivity contribution in [3.63, 3.8) is 0 Å². The molecule has 106 valence electrons. The Morgan fingerprint density at radius 3 is 2.75 bits per heavy atom. The molecule has 1 aromatic carbocycles. The van der Waals surface area contributed by atoms with Crippen molar-refractivity contribution < 1.29 is 9.53 Å². The number of carbonyl (C=O) groups excluding carboxylic acids is 1. The summed E-state index contributed by atoms with van der Waals surface area (Å²) in [5, 5.41) is 10.1. The lowest BCUT2D eigenvalue weighted by atomic mass is 10.2. The summed E-state index contributed by atoms with van der Waals surface area (Å²) >= 11 is 1.31. The number of nitrogens with one attached hydrogen (secondary N) is 2. The fourth-order valence-corrected chi connectivity index (χ4v) is 2.19. The molecule has 0 aliphatic heterocycles. The Labute approximate surface area is 121 Å². The van der Waals surface area contributed by atoms with E-state index in [9.17, 15) is 4.79 Å². The van der Waals surface area contributed by atoms with Gasteiger partial charge in [-0.2, -0.15) is 0 Å². The second kappa shape index (κ2) is 6.95. The molecule has 0 atom stereocenters. The van der Waals surface area contributed by atoms with Gasteiger partial charge in [0.15, 0.2) is 0 Å². The summed E-state index contributed by atoms with van der Waals surface area (Å²) < 4.78 is 5.08. The smallest absolute Gasteiger partial charge is 0.230 e. The van der Waals surface area contributed by atoms with Crippen molar-refractivity contribution in [1.29, 1.82) is 0 Å². The fraction of sp³-hybridized carbons (Fsp3) is 0.308. The first-order valence-corrected chi connectivity index (χ1v) is 7.07. The Kier molecular flexibility index (Phi) is 5.00. The fourth-order valence-electron chi connectivity index (χ4n) is 1.51. The van der Waals surface area contributed by atoms with Crippen molar-refractivity contribution in [3.8, 4) is 5.75 Å². The zero-order chi connectivity index (χ0) is 14.4. The molecule has 0 saturated carbocycles. The average Bonchev–Trinajstić information content (AvgIpc) is 2.89. The van der Waals surface area contributed by atoms with Crippen LogP contribution < -0.4 is 10.1 Å². The number of aromatic amines is 1. The van der Waals surface area contributed by atoms with Gasteiger partial charge in [-0.3, -0.25) is 9.89 Å². The molecule has 2 N–H and O–H groups in total. The van der Waals surface area contributed by atoms with Crippen LogP contribution in [-0.4, -0.2) is 34.0 Å². The number of benzene rings is 1. The van der Waals surface area contributed by atoms with Crippen molar-refractivity contribution in [3.05, 3.63) is 35.7 Å². The van der Waals surface area contributed by atoms with E-state index < -0.39 is 0 Å². The van der Waals surface area contributed by atoms with E-state index in [0.29, 0.717) is 17.5 Å². The van der Waals surface area contributed by atoms with Gasteiger partial charge in [0, 0.05) is 6.54 Å². The summed E-state index contributed by atoms with van der Waals surface area (Å²) in [4.78, 5) is 15.8. The van der Waals surface area contributed by atoms with E-state index in [1.54, 1.807) is 7.11 Å². The molecule has 0 fully saturated rings. The predicted octanol–water partition coefficient (Wildman–Crippen LogP) is 1.53. The van der Waals surface area contributed by atoms with E-state index in [1.807, 2.05) is 31.2 Å². The zero-order valence-electron chi connectivity index (χ0n) is 11.3. The highest BCUT2D eigenvalue weighted by atomic mass is 32.2. The Bertz CT molecular complexity index is 568. The minimum Gasteiger partial charge on any atom is -0.497 e. The van der Waals surface area contributed by atoms with Crippen LogP contribution >= 0.6 is 11.8 Å². The quantitative estimate of drug-likeness (QED) is 0.789. The molecule has 0 aliphatic carbocycles. The molecule has 0 radical (unpaired) electrons. The van der Waals surface area contributed by atoms with Gasteiger partial charge in [-0.25, -0.2) is 4.98 Å². The number of amides is 1. The predicted molar refractivity (Wildman–Crippen MR) is 76.7 cm³/mol. The normalized spacial score (nSPS) is 10.3. The molecule has 0 bridgehead atoms. The maximum atomic E-state index is 11.7. The SMILES string of the molecule is COc1ccc(CNC(=O)CSc2n[nH]c(C)n2)cc1. The van der Waals surface area contributed by atoms with Crippen LogP contribution in [0.5, 0.6) is 5.75 Å². The minimum atomic E-state index is -0.0479. The maximum Gasteiger partial charge on any atom is 0.230 e. The van der Waals surface area contributed by atoms with Gasteiger partial charge in [-0.1, -0.05) is 23.9 Å². The third-order valence-electron chi connectivity index (χ3n) is 2.56. The second-order valence-electron chi connectivity index (χ2n) is 4.12. The molecule has 1 heterocycles.